The van der Waals surface area contributed by atoms with Gasteiger partial charge >= 0.3 is 5.97 Å². The lowest BCUT2D eigenvalue weighted by atomic mass is 10.2. The number of ether oxygens (including phenoxy) is 3. The van der Waals surface area contributed by atoms with Gasteiger partial charge in [0.2, 0.25) is 0 Å². The predicted octanol–water partition coefficient (Wildman–Crippen LogP) is 3.67. The maximum Gasteiger partial charge on any atom is 0.347 e. The van der Waals surface area contributed by atoms with Crippen molar-refractivity contribution in [2.75, 3.05) is 18.5 Å². The summed E-state index contributed by atoms with van der Waals surface area (Å²) in [5.74, 6) is 0.410. The first-order chi connectivity index (χ1) is 12.5. The highest BCUT2D eigenvalue weighted by Crippen LogP contribution is 2.24. The lowest BCUT2D eigenvalue weighted by Crippen LogP contribution is -2.26. The summed E-state index contributed by atoms with van der Waals surface area (Å²) in [6.45, 7) is 6.05. The zero-order valence-corrected chi connectivity index (χ0v) is 15.2. The smallest absolute Gasteiger partial charge is 0.347 e. The van der Waals surface area contributed by atoms with Crippen LogP contribution in [0, 0.1) is 0 Å². The number of para-hydroxylation sites is 2. The largest absolute Gasteiger partial charge is 0.492 e. The van der Waals surface area contributed by atoms with Gasteiger partial charge in [-0.3, -0.25) is 4.79 Å². The first-order valence-corrected chi connectivity index (χ1v) is 8.51. The fourth-order valence-electron chi connectivity index (χ4n) is 2.24. The molecule has 0 aliphatic rings. The minimum absolute atomic E-state index is 0.262. The Morgan fingerprint density at radius 3 is 2.35 bits per heavy atom. The van der Waals surface area contributed by atoms with Gasteiger partial charge in [-0.25, -0.2) is 4.79 Å². The summed E-state index contributed by atoms with van der Waals surface area (Å²) >= 11 is 0. The van der Waals surface area contributed by atoms with E-state index in [1.807, 2.05) is 19.1 Å². The number of esters is 1. The number of anilines is 1. The highest BCUT2D eigenvalue weighted by Gasteiger charge is 2.16. The lowest BCUT2D eigenvalue weighted by Gasteiger charge is -2.14. The van der Waals surface area contributed by atoms with Crippen LogP contribution >= 0.6 is 0 Å². The topological polar surface area (TPSA) is 73.9 Å². The van der Waals surface area contributed by atoms with E-state index in [9.17, 15) is 9.59 Å². The van der Waals surface area contributed by atoms with Crippen molar-refractivity contribution in [2.45, 2.75) is 26.9 Å². The van der Waals surface area contributed by atoms with E-state index < -0.39 is 12.1 Å². The van der Waals surface area contributed by atoms with Crippen molar-refractivity contribution in [1.82, 2.24) is 0 Å². The second-order valence-electron chi connectivity index (χ2n) is 5.42. The highest BCUT2D eigenvalue weighted by molar-refractivity contribution is 6.05. The number of carbonyl (C=O) groups excluding carboxylic acids is 2. The number of amides is 1. The van der Waals surface area contributed by atoms with Gasteiger partial charge in [-0.1, -0.05) is 12.1 Å². The van der Waals surface area contributed by atoms with E-state index in [-0.39, 0.29) is 5.91 Å². The molecule has 0 radical (unpaired) electrons. The molecule has 1 atom stereocenters. The van der Waals surface area contributed by atoms with Gasteiger partial charge < -0.3 is 19.5 Å². The summed E-state index contributed by atoms with van der Waals surface area (Å²) in [5.41, 5.74) is 1.07. The number of rotatable bonds is 8. The lowest BCUT2D eigenvalue weighted by molar-refractivity contribution is -0.150. The minimum Gasteiger partial charge on any atom is -0.492 e. The zero-order valence-electron chi connectivity index (χ0n) is 15.2. The van der Waals surface area contributed by atoms with Gasteiger partial charge in [-0.15, -0.1) is 0 Å². The van der Waals surface area contributed by atoms with Crippen molar-refractivity contribution < 1.29 is 23.8 Å². The molecule has 26 heavy (non-hydrogen) atoms. The van der Waals surface area contributed by atoms with Crippen molar-refractivity contribution in [3.8, 4) is 11.5 Å². The summed E-state index contributed by atoms with van der Waals surface area (Å²) in [7, 11) is 0. The van der Waals surface area contributed by atoms with Crippen LogP contribution in [0.25, 0.3) is 0 Å². The Balaban J connectivity index is 2.02. The summed E-state index contributed by atoms with van der Waals surface area (Å²) in [6, 6.07) is 13.8. The first kappa shape index (κ1) is 19.3. The molecular formula is C20H23NO5. The number of hydrogen-bond donors (Lipinski definition) is 1. The summed E-state index contributed by atoms with van der Waals surface area (Å²) < 4.78 is 15.9. The van der Waals surface area contributed by atoms with E-state index in [0.29, 0.717) is 36.0 Å². The van der Waals surface area contributed by atoms with Crippen LogP contribution in [0.4, 0.5) is 5.69 Å². The monoisotopic (exact) mass is 357 g/mol. The van der Waals surface area contributed by atoms with E-state index in [4.69, 9.17) is 14.2 Å². The van der Waals surface area contributed by atoms with Crippen LogP contribution in [-0.4, -0.2) is 31.2 Å². The summed E-state index contributed by atoms with van der Waals surface area (Å²) in [6.07, 6.45) is -0.715. The molecule has 0 saturated heterocycles. The third-order valence-electron chi connectivity index (χ3n) is 3.48. The third kappa shape index (κ3) is 5.24. The molecule has 0 bridgehead atoms. The van der Waals surface area contributed by atoms with Gasteiger partial charge in [0.25, 0.3) is 5.91 Å². The minimum atomic E-state index is -0.715. The molecule has 1 amide bonds. The van der Waals surface area contributed by atoms with Crippen molar-refractivity contribution in [3.63, 3.8) is 0 Å². The van der Waals surface area contributed by atoms with Crippen molar-refractivity contribution in [2.24, 2.45) is 0 Å². The Morgan fingerprint density at radius 2 is 1.69 bits per heavy atom. The second-order valence-corrected chi connectivity index (χ2v) is 5.42. The fraction of sp³-hybridized carbons (Fsp3) is 0.300. The third-order valence-corrected chi connectivity index (χ3v) is 3.48. The number of benzene rings is 2. The molecule has 6 nitrogen and oxygen atoms in total. The molecule has 0 aliphatic heterocycles. The number of nitrogens with one attached hydrogen (secondary N) is 1. The van der Waals surface area contributed by atoms with E-state index >= 15 is 0 Å². The Kier molecular flexibility index (Phi) is 7.02. The first-order valence-electron chi connectivity index (χ1n) is 8.51. The van der Waals surface area contributed by atoms with Crippen LogP contribution in [0.5, 0.6) is 11.5 Å². The van der Waals surface area contributed by atoms with Crippen LogP contribution in [0.1, 0.15) is 31.1 Å². The van der Waals surface area contributed by atoms with Crippen LogP contribution in [0.2, 0.25) is 0 Å². The molecule has 0 saturated carbocycles. The van der Waals surface area contributed by atoms with Gasteiger partial charge in [-0.05, 0) is 57.2 Å². The van der Waals surface area contributed by atoms with Crippen molar-refractivity contribution >= 4 is 17.6 Å². The maximum absolute atomic E-state index is 12.4. The Morgan fingerprint density at radius 1 is 1.00 bits per heavy atom. The zero-order chi connectivity index (χ0) is 18.9. The molecule has 1 N–H and O–H groups in total. The van der Waals surface area contributed by atoms with Gasteiger partial charge in [0.1, 0.15) is 11.5 Å². The molecular weight excluding hydrogens is 334 g/mol. The number of carbonyl (C=O) groups is 2. The summed E-state index contributed by atoms with van der Waals surface area (Å²) in [5, 5.41) is 2.83. The molecule has 0 fully saturated rings. The maximum atomic E-state index is 12.4. The SMILES string of the molecule is CCOC(=O)C(C)Oc1ccc(C(=O)Nc2ccccc2OCC)cc1. The van der Waals surface area contributed by atoms with Crippen LogP contribution in [0.3, 0.4) is 0 Å². The molecule has 0 aliphatic carbocycles. The highest BCUT2D eigenvalue weighted by atomic mass is 16.6. The Bertz CT molecular complexity index is 742. The molecule has 2 rings (SSSR count). The molecule has 0 heterocycles. The molecule has 138 valence electrons. The van der Waals surface area contributed by atoms with Gasteiger partial charge in [0.15, 0.2) is 6.10 Å². The molecule has 2 aromatic carbocycles. The van der Waals surface area contributed by atoms with Crippen molar-refractivity contribution in [3.05, 3.63) is 54.1 Å². The summed E-state index contributed by atoms with van der Waals surface area (Å²) in [4.78, 5) is 24.0. The number of hydrogen-bond acceptors (Lipinski definition) is 5. The predicted molar refractivity (Wildman–Crippen MR) is 98.7 cm³/mol. The normalized spacial score (nSPS) is 11.3. The average molecular weight is 357 g/mol. The fourth-order valence-corrected chi connectivity index (χ4v) is 2.24. The van der Waals surface area contributed by atoms with Crippen LogP contribution in [-0.2, 0) is 9.53 Å². The molecule has 0 aromatic heterocycles. The van der Waals surface area contributed by atoms with E-state index in [1.165, 1.54) is 0 Å². The molecule has 0 spiro atoms. The Hall–Kier alpha value is -3.02. The van der Waals surface area contributed by atoms with Crippen LogP contribution < -0.4 is 14.8 Å². The van der Waals surface area contributed by atoms with E-state index in [1.54, 1.807) is 50.2 Å². The molecule has 1 unspecified atom stereocenters. The van der Waals surface area contributed by atoms with E-state index in [0.717, 1.165) is 0 Å². The standard InChI is InChI=1S/C20H23NO5/c1-4-24-18-9-7-6-8-17(18)21-19(22)15-10-12-16(13-11-15)26-14(3)20(23)25-5-2/h6-14H,4-5H2,1-3H3,(H,21,22). The molecule has 6 heteroatoms. The average Bonchev–Trinajstić information content (AvgIpc) is 2.64. The van der Waals surface area contributed by atoms with Gasteiger partial charge in [0.05, 0.1) is 18.9 Å². The second kappa shape index (κ2) is 9.46. The quantitative estimate of drug-likeness (QED) is 0.730. The van der Waals surface area contributed by atoms with Gasteiger partial charge in [0, 0.05) is 5.56 Å². The van der Waals surface area contributed by atoms with Crippen LogP contribution in [0.15, 0.2) is 48.5 Å². The van der Waals surface area contributed by atoms with Crippen molar-refractivity contribution in [1.29, 1.82) is 0 Å². The van der Waals surface area contributed by atoms with Gasteiger partial charge in [-0.2, -0.15) is 0 Å². The van der Waals surface area contributed by atoms with E-state index in [2.05, 4.69) is 5.32 Å². The Labute approximate surface area is 153 Å². The molecule has 2 aromatic rings.